The van der Waals surface area contributed by atoms with Gasteiger partial charge in [-0.05, 0) is 47.9 Å². The van der Waals surface area contributed by atoms with Crippen LogP contribution >= 0.6 is 0 Å². The van der Waals surface area contributed by atoms with Crippen molar-refractivity contribution in [3.63, 3.8) is 0 Å². The Kier molecular flexibility index (Phi) is 6.29. The van der Waals surface area contributed by atoms with E-state index in [4.69, 9.17) is 4.74 Å². The van der Waals surface area contributed by atoms with Gasteiger partial charge >= 0.3 is 0 Å². The Morgan fingerprint density at radius 3 is 2.03 bits per heavy atom. The maximum Gasteiger partial charge on any atom is 0.287 e. The van der Waals surface area contributed by atoms with E-state index < -0.39 is 5.60 Å². The zero-order valence-electron chi connectivity index (χ0n) is 15.5. The van der Waals surface area contributed by atoms with Gasteiger partial charge in [-0.3, -0.25) is 0 Å². The molecule has 6 nitrogen and oxygen atoms in total. The molecule has 0 bridgehead atoms. The van der Waals surface area contributed by atoms with Crippen molar-refractivity contribution in [3.8, 4) is 6.26 Å². The predicted octanol–water partition coefficient (Wildman–Crippen LogP) is 4.39. The van der Waals surface area contributed by atoms with E-state index in [-0.39, 0.29) is 5.92 Å². The molecular formula is C23H17N3O3. The Morgan fingerprint density at radius 1 is 0.897 bits per heavy atom. The van der Waals surface area contributed by atoms with Crippen LogP contribution in [0, 0.1) is 17.4 Å². The number of ether oxygens (including phenoxy) is 1. The van der Waals surface area contributed by atoms with Crippen molar-refractivity contribution in [1.29, 1.82) is 5.26 Å². The van der Waals surface area contributed by atoms with E-state index in [0.717, 1.165) is 11.1 Å². The van der Waals surface area contributed by atoms with E-state index in [0.29, 0.717) is 24.2 Å². The second-order valence-corrected chi connectivity index (χ2v) is 6.62. The number of nitrogens with zero attached hydrogens (tertiary/aromatic N) is 3. The van der Waals surface area contributed by atoms with E-state index in [1.807, 2.05) is 54.8 Å². The Balaban J connectivity index is 1.86. The van der Waals surface area contributed by atoms with Crippen LogP contribution in [0.3, 0.4) is 0 Å². The maximum absolute atomic E-state index is 10.4. The van der Waals surface area contributed by atoms with Crippen LogP contribution in [-0.4, -0.2) is 17.8 Å². The van der Waals surface area contributed by atoms with Gasteiger partial charge in [0.15, 0.2) is 5.60 Å². The molecule has 0 radical (unpaired) electrons. The fraction of sp³-hybridized carbons (Fsp3) is 0.174. The summed E-state index contributed by atoms with van der Waals surface area (Å²) in [7, 11) is 0. The molecule has 2 atom stereocenters. The van der Waals surface area contributed by atoms with Crippen molar-refractivity contribution in [2.24, 2.45) is 15.9 Å². The maximum atomic E-state index is 10.4. The second kappa shape index (κ2) is 9.25. The zero-order chi connectivity index (χ0) is 20.5. The molecule has 6 heteroatoms. The standard InChI is InChI=1S/C23H17N3O3/c24-15-29-23(14-19-6-10-22(11-7-19)26-17-28)12-2-1-3-20(23)13-18-4-8-21(9-5-18)25-16-27/h1-12,20H,13-14H2. The van der Waals surface area contributed by atoms with Crippen LogP contribution in [0.5, 0.6) is 0 Å². The monoisotopic (exact) mass is 383 g/mol. The highest BCUT2D eigenvalue weighted by molar-refractivity contribution is 5.50. The first-order valence-corrected chi connectivity index (χ1v) is 8.96. The van der Waals surface area contributed by atoms with Gasteiger partial charge in [0.25, 0.3) is 6.26 Å². The van der Waals surface area contributed by atoms with Crippen molar-refractivity contribution in [1.82, 2.24) is 0 Å². The summed E-state index contributed by atoms with van der Waals surface area (Å²) in [4.78, 5) is 28.0. The van der Waals surface area contributed by atoms with Crippen LogP contribution in [0.1, 0.15) is 11.1 Å². The third-order valence-electron chi connectivity index (χ3n) is 4.85. The van der Waals surface area contributed by atoms with Crippen molar-refractivity contribution >= 4 is 23.5 Å². The van der Waals surface area contributed by atoms with E-state index in [2.05, 4.69) is 9.98 Å². The zero-order valence-corrected chi connectivity index (χ0v) is 15.5. The molecular weight excluding hydrogens is 366 g/mol. The van der Waals surface area contributed by atoms with Gasteiger partial charge in [-0.25, -0.2) is 9.59 Å². The Labute approximate surface area is 168 Å². The molecule has 1 aliphatic rings. The van der Waals surface area contributed by atoms with Gasteiger partial charge in [0, 0.05) is 12.3 Å². The Morgan fingerprint density at radius 2 is 1.48 bits per heavy atom. The summed E-state index contributed by atoms with van der Waals surface area (Å²) >= 11 is 0. The van der Waals surface area contributed by atoms with Crippen LogP contribution < -0.4 is 0 Å². The van der Waals surface area contributed by atoms with E-state index in [1.165, 1.54) is 12.2 Å². The lowest BCUT2D eigenvalue weighted by Crippen LogP contribution is -2.41. The minimum atomic E-state index is -0.835. The smallest absolute Gasteiger partial charge is 0.287 e. The number of nitriles is 1. The number of carbonyl (C=O) groups excluding carboxylic acids is 2. The summed E-state index contributed by atoms with van der Waals surface area (Å²) in [5, 5.41) is 9.32. The van der Waals surface area contributed by atoms with E-state index >= 15 is 0 Å². The highest BCUT2D eigenvalue weighted by Crippen LogP contribution is 2.35. The SMILES string of the molecule is N#COC1(Cc2ccc(N=C=O)cc2)C=CC=CC1Cc1ccc(N=C=O)cc1. The minimum Gasteiger partial charge on any atom is -0.416 e. The van der Waals surface area contributed by atoms with Crippen LogP contribution in [0.15, 0.2) is 82.8 Å². The lowest BCUT2D eigenvalue weighted by atomic mass is 9.76. The molecule has 2 aromatic rings. The number of allylic oxidation sites excluding steroid dienone is 2. The number of rotatable bonds is 7. The normalized spacial score (nSPS) is 19.5. The summed E-state index contributed by atoms with van der Waals surface area (Å²) < 4.78 is 5.61. The number of hydrogen-bond acceptors (Lipinski definition) is 6. The summed E-state index contributed by atoms with van der Waals surface area (Å²) in [6, 6.07) is 14.5. The van der Waals surface area contributed by atoms with Crippen LogP contribution in [0.4, 0.5) is 11.4 Å². The van der Waals surface area contributed by atoms with Gasteiger partial charge in [-0.1, -0.05) is 42.5 Å². The predicted molar refractivity (Wildman–Crippen MR) is 107 cm³/mol. The van der Waals surface area contributed by atoms with Gasteiger partial charge in [0.2, 0.25) is 12.2 Å². The lowest BCUT2D eigenvalue weighted by Gasteiger charge is -2.36. The Hall–Kier alpha value is -4.03. The number of isocyanates is 2. The van der Waals surface area contributed by atoms with Gasteiger partial charge in [0.05, 0.1) is 11.4 Å². The fourth-order valence-electron chi connectivity index (χ4n) is 3.44. The first kappa shape index (κ1) is 19.7. The first-order valence-electron chi connectivity index (χ1n) is 8.96. The molecule has 0 spiro atoms. The van der Waals surface area contributed by atoms with Gasteiger partial charge < -0.3 is 4.74 Å². The molecule has 0 amide bonds. The summed E-state index contributed by atoms with van der Waals surface area (Å²) in [5.74, 6) is -0.0831. The summed E-state index contributed by atoms with van der Waals surface area (Å²) in [6.45, 7) is 0. The Bertz CT molecular complexity index is 1050. The molecule has 0 aromatic heterocycles. The second-order valence-electron chi connectivity index (χ2n) is 6.62. The summed E-state index contributed by atoms with van der Waals surface area (Å²) in [6.07, 6.45) is 13.8. The van der Waals surface area contributed by atoms with Crippen LogP contribution in [-0.2, 0) is 27.2 Å². The van der Waals surface area contributed by atoms with E-state index in [9.17, 15) is 14.9 Å². The van der Waals surface area contributed by atoms with Gasteiger partial charge in [-0.2, -0.15) is 15.2 Å². The van der Waals surface area contributed by atoms with Crippen LogP contribution in [0.25, 0.3) is 0 Å². The number of hydrogen-bond donors (Lipinski definition) is 0. The van der Waals surface area contributed by atoms with Crippen molar-refractivity contribution in [2.75, 3.05) is 0 Å². The quantitative estimate of drug-likeness (QED) is 0.403. The molecule has 1 aliphatic carbocycles. The topological polar surface area (TPSA) is 91.9 Å². The molecule has 0 aliphatic heterocycles. The third-order valence-corrected chi connectivity index (χ3v) is 4.85. The average molecular weight is 383 g/mol. The largest absolute Gasteiger partial charge is 0.416 e. The lowest BCUT2D eigenvalue weighted by molar-refractivity contribution is 0.0406. The summed E-state index contributed by atoms with van der Waals surface area (Å²) in [5.41, 5.74) is 2.21. The minimum absolute atomic E-state index is 0.0831. The highest BCUT2D eigenvalue weighted by Gasteiger charge is 2.39. The third kappa shape index (κ3) is 4.82. The van der Waals surface area contributed by atoms with Crippen molar-refractivity contribution in [3.05, 3.63) is 84.0 Å². The molecule has 2 aromatic carbocycles. The van der Waals surface area contributed by atoms with Crippen LogP contribution in [0.2, 0.25) is 0 Å². The molecule has 0 fully saturated rings. The molecule has 29 heavy (non-hydrogen) atoms. The van der Waals surface area contributed by atoms with E-state index in [1.54, 1.807) is 24.3 Å². The molecule has 0 saturated heterocycles. The first-order chi connectivity index (χ1) is 14.2. The average Bonchev–Trinajstić information content (AvgIpc) is 2.73. The molecule has 2 unspecified atom stereocenters. The van der Waals surface area contributed by atoms with Gasteiger partial charge in [0.1, 0.15) is 0 Å². The molecule has 142 valence electrons. The number of aliphatic imine (C=N–C) groups is 2. The van der Waals surface area contributed by atoms with Crippen molar-refractivity contribution in [2.45, 2.75) is 18.4 Å². The molecule has 3 rings (SSSR count). The highest BCUT2D eigenvalue weighted by atomic mass is 16.5. The molecule has 0 saturated carbocycles. The molecule has 0 heterocycles. The van der Waals surface area contributed by atoms with Crippen molar-refractivity contribution < 1.29 is 14.3 Å². The fourth-order valence-corrected chi connectivity index (χ4v) is 3.44. The molecule has 0 N–H and O–H groups in total. The number of benzene rings is 2. The van der Waals surface area contributed by atoms with Gasteiger partial charge in [-0.15, -0.1) is 0 Å².